The molecule has 0 bridgehead atoms. The summed E-state index contributed by atoms with van der Waals surface area (Å²) in [5, 5.41) is 162. The Morgan fingerprint density at radius 3 is 1.77 bits per heavy atom. The Balaban J connectivity index is 0.987. The highest BCUT2D eigenvalue weighted by Gasteiger charge is 2.85. The standard InChI is InChI=1S/C52H88O23/c1-21(8-9-30(48(4,5)67)74-45-40(66)37(63)35(61)27(17-54)72-45)31-22(55)15-50(7)28-14-25(70-44-39(65)36(62)34(60)26(16-53)71-44)42-47(2,3)29(10-11-52(42)20-51(28,52)13-12-49(31,50)6)73-46-41(33(59)24(57)19-69-46)75-43-38(64)32(58)23(56)18-68-43/h21-46,53-67H,8-20H2,1-7H3/t21-,22+,23+,24-,25+,26-,27-,28+,29+,30+,31+,32+,33+,34-,35-,36+,37+,38-,39-,40-,41-,42?,43+,44-,45+,46+,49-,50+,51+,52-/m1/s1. The Morgan fingerprint density at radius 1 is 0.587 bits per heavy atom. The Hall–Kier alpha value is -0.920. The summed E-state index contributed by atoms with van der Waals surface area (Å²) in [6.07, 6.45) is -24.9. The molecule has 23 heteroatoms. The second-order valence-corrected chi connectivity index (χ2v) is 25.9. The molecule has 4 aliphatic heterocycles. The molecule has 4 heterocycles. The van der Waals surface area contributed by atoms with Gasteiger partial charge in [0.25, 0.3) is 0 Å². The Kier molecular flexibility index (Phi) is 16.5. The van der Waals surface area contributed by atoms with Crippen LogP contribution in [0.2, 0.25) is 0 Å². The van der Waals surface area contributed by atoms with Crippen LogP contribution in [0.1, 0.15) is 106 Å². The van der Waals surface area contributed by atoms with E-state index in [9.17, 15) is 76.6 Å². The van der Waals surface area contributed by atoms with Crippen molar-refractivity contribution in [1.29, 1.82) is 0 Å². The molecule has 23 nitrogen and oxygen atoms in total. The van der Waals surface area contributed by atoms with Crippen molar-refractivity contribution in [1.82, 2.24) is 0 Å². The summed E-state index contributed by atoms with van der Waals surface area (Å²) in [6, 6.07) is 0. The molecule has 9 rings (SSSR count). The van der Waals surface area contributed by atoms with Gasteiger partial charge in [-0.05, 0) is 122 Å². The van der Waals surface area contributed by atoms with Gasteiger partial charge in [-0.15, -0.1) is 0 Å². The predicted octanol–water partition coefficient (Wildman–Crippen LogP) is -3.15. The first-order chi connectivity index (χ1) is 35.0. The van der Waals surface area contributed by atoms with Crippen LogP contribution in [0.4, 0.5) is 0 Å². The number of hydrogen-bond acceptors (Lipinski definition) is 23. The molecule has 75 heavy (non-hydrogen) atoms. The van der Waals surface area contributed by atoms with E-state index in [0.29, 0.717) is 32.1 Å². The van der Waals surface area contributed by atoms with Gasteiger partial charge in [0.05, 0.1) is 56.4 Å². The summed E-state index contributed by atoms with van der Waals surface area (Å²) in [7, 11) is 0. The van der Waals surface area contributed by atoms with Crippen molar-refractivity contribution in [3.05, 3.63) is 0 Å². The van der Waals surface area contributed by atoms with Gasteiger partial charge in [-0.25, -0.2) is 0 Å². The van der Waals surface area contributed by atoms with E-state index in [1.165, 1.54) is 0 Å². The fourth-order valence-electron chi connectivity index (χ4n) is 17.0. The molecule has 1 unspecified atom stereocenters. The maximum Gasteiger partial charge on any atom is 0.187 e. The van der Waals surface area contributed by atoms with Crippen molar-refractivity contribution in [3.63, 3.8) is 0 Å². The quantitative estimate of drug-likeness (QED) is 0.0720. The molecule has 9 fully saturated rings. The number of ether oxygens (including phenoxy) is 8. The molecule has 5 saturated carbocycles. The Labute approximate surface area is 437 Å². The number of fused-ring (bicyclic) bond motifs is 2. The van der Waals surface area contributed by atoms with Crippen molar-refractivity contribution < 1.29 is 114 Å². The average molecular weight is 1080 g/mol. The van der Waals surface area contributed by atoms with Crippen molar-refractivity contribution in [2.24, 2.45) is 50.7 Å². The van der Waals surface area contributed by atoms with E-state index in [2.05, 4.69) is 34.6 Å². The molecule has 0 aromatic heterocycles. The second-order valence-electron chi connectivity index (χ2n) is 25.9. The van der Waals surface area contributed by atoms with Gasteiger partial charge < -0.3 is 114 Å². The van der Waals surface area contributed by atoms with Crippen LogP contribution in [-0.4, -0.2) is 244 Å². The first-order valence-corrected chi connectivity index (χ1v) is 27.3. The maximum absolute atomic E-state index is 12.4. The van der Waals surface area contributed by atoms with E-state index < -0.39 is 170 Å². The van der Waals surface area contributed by atoms with Gasteiger partial charge in [0, 0.05) is 0 Å². The summed E-state index contributed by atoms with van der Waals surface area (Å²) in [5.74, 6) is -0.705. The monoisotopic (exact) mass is 1080 g/mol. The summed E-state index contributed by atoms with van der Waals surface area (Å²) in [5.41, 5.74) is -3.76. The minimum atomic E-state index is -1.70. The first kappa shape index (κ1) is 58.7. The van der Waals surface area contributed by atoms with Gasteiger partial charge in [0.15, 0.2) is 25.2 Å². The normalized spacial score (nSPS) is 54.5. The van der Waals surface area contributed by atoms with Crippen LogP contribution in [0, 0.1) is 50.7 Å². The topological polar surface area (TPSA) is 377 Å². The maximum atomic E-state index is 12.4. The van der Waals surface area contributed by atoms with Gasteiger partial charge in [0.1, 0.15) is 85.5 Å². The van der Waals surface area contributed by atoms with Gasteiger partial charge in [-0.2, -0.15) is 0 Å². The van der Waals surface area contributed by atoms with E-state index in [-0.39, 0.29) is 54.1 Å². The van der Waals surface area contributed by atoms with Gasteiger partial charge in [0.2, 0.25) is 0 Å². The average Bonchev–Trinajstić information content (AvgIpc) is 4.10. The summed E-state index contributed by atoms with van der Waals surface area (Å²) >= 11 is 0. The fourth-order valence-corrected chi connectivity index (χ4v) is 17.0. The molecule has 30 atom stereocenters. The minimum absolute atomic E-state index is 0.0412. The lowest BCUT2D eigenvalue weighted by atomic mass is 9.41. The molecule has 0 aromatic rings. The summed E-state index contributed by atoms with van der Waals surface area (Å²) in [6.45, 7) is 11.9. The van der Waals surface area contributed by atoms with Gasteiger partial charge in [-0.1, -0.05) is 34.6 Å². The molecule has 4 saturated heterocycles. The molecule has 0 aromatic carbocycles. The van der Waals surface area contributed by atoms with Crippen LogP contribution in [-0.2, 0) is 37.9 Å². The minimum Gasteiger partial charge on any atom is -0.394 e. The smallest absolute Gasteiger partial charge is 0.187 e. The predicted molar refractivity (Wildman–Crippen MR) is 255 cm³/mol. The number of aliphatic hydroxyl groups is 15. The second kappa shape index (κ2) is 21.1. The SMILES string of the molecule is C[C@H](CC[C@H](O[C@@H]1O[C@H](CO)[C@@H](O)[C@H](O)[C@H]1O)C(C)(C)O)[C@H]1[C@@H](O)C[C@@]2(C)[C@@H]3C[C@H](O[C@@H]4O[C@H](CO)[C@@H](O)[C@H](O)[C@H]4O)C4C(C)(C)[C@@H](O[C@@H]5OC[C@@H](O)[C@H](O)[C@H]5O[C@@H]5OC[C@H](O)[C@H](O)[C@H]5O)CC[C@@]45C[C@@]35CC[C@]12C. The molecule has 0 amide bonds. The fraction of sp³-hybridized carbons (Fsp3) is 1.00. The molecular weight excluding hydrogens is 993 g/mol. The highest BCUT2D eigenvalue weighted by atomic mass is 16.8. The first-order valence-electron chi connectivity index (χ1n) is 27.3. The molecule has 434 valence electrons. The zero-order valence-electron chi connectivity index (χ0n) is 44.2. The number of hydrogen-bond donors (Lipinski definition) is 15. The van der Waals surface area contributed by atoms with E-state index in [4.69, 9.17) is 37.9 Å². The lowest BCUT2D eigenvalue weighted by molar-refractivity contribution is -0.360. The third-order valence-corrected chi connectivity index (χ3v) is 21.1. The van der Waals surface area contributed by atoms with Crippen molar-refractivity contribution in [2.75, 3.05) is 26.4 Å². The van der Waals surface area contributed by atoms with Crippen LogP contribution in [0.3, 0.4) is 0 Å². The van der Waals surface area contributed by atoms with E-state index in [1.54, 1.807) is 13.8 Å². The highest BCUT2D eigenvalue weighted by Crippen LogP contribution is 2.89. The zero-order valence-corrected chi connectivity index (χ0v) is 44.2. The number of rotatable bonds is 15. The van der Waals surface area contributed by atoms with Crippen LogP contribution >= 0.6 is 0 Å². The van der Waals surface area contributed by atoms with E-state index in [0.717, 1.165) is 19.3 Å². The third kappa shape index (κ3) is 9.60. The van der Waals surface area contributed by atoms with E-state index >= 15 is 0 Å². The molecule has 0 radical (unpaired) electrons. The van der Waals surface area contributed by atoms with Crippen molar-refractivity contribution in [3.8, 4) is 0 Å². The van der Waals surface area contributed by atoms with Crippen LogP contribution in [0.5, 0.6) is 0 Å². The van der Waals surface area contributed by atoms with Crippen molar-refractivity contribution in [2.45, 2.75) is 247 Å². The third-order valence-electron chi connectivity index (χ3n) is 21.1. The molecule has 15 N–H and O–H groups in total. The van der Waals surface area contributed by atoms with Gasteiger partial charge >= 0.3 is 0 Å². The van der Waals surface area contributed by atoms with Crippen molar-refractivity contribution >= 4 is 0 Å². The van der Waals surface area contributed by atoms with Crippen LogP contribution in [0.25, 0.3) is 0 Å². The molecule has 9 aliphatic rings. The molecule has 2 spiro atoms. The zero-order chi connectivity index (χ0) is 54.9. The Morgan fingerprint density at radius 2 is 1.16 bits per heavy atom. The molecule has 5 aliphatic carbocycles. The lowest BCUT2D eigenvalue weighted by Gasteiger charge is -2.65. The van der Waals surface area contributed by atoms with Gasteiger partial charge in [-0.3, -0.25) is 0 Å². The summed E-state index contributed by atoms with van der Waals surface area (Å²) < 4.78 is 49.2. The Bertz CT molecular complexity index is 1960. The summed E-state index contributed by atoms with van der Waals surface area (Å²) in [4.78, 5) is 0. The largest absolute Gasteiger partial charge is 0.394 e. The van der Waals surface area contributed by atoms with E-state index in [1.807, 2.05) is 0 Å². The van der Waals surface area contributed by atoms with Crippen LogP contribution in [0.15, 0.2) is 0 Å². The number of aliphatic hydroxyl groups excluding tert-OH is 14. The lowest BCUT2D eigenvalue weighted by Crippen LogP contribution is -2.65. The highest BCUT2D eigenvalue weighted by molar-refractivity contribution is 5.33. The van der Waals surface area contributed by atoms with Crippen LogP contribution < -0.4 is 0 Å². The molecular formula is C52H88O23.